The number of ketones is 1. The highest BCUT2D eigenvalue weighted by Crippen LogP contribution is 2.47. The maximum Gasteiger partial charge on any atom is 0.203 e. The van der Waals surface area contributed by atoms with Crippen LogP contribution in [0, 0.1) is 12.3 Å². The van der Waals surface area contributed by atoms with Crippen molar-refractivity contribution in [3.05, 3.63) is 17.7 Å². The van der Waals surface area contributed by atoms with Gasteiger partial charge in [-0.25, -0.2) is 0 Å². The predicted octanol–water partition coefficient (Wildman–Crippen LogP) is 3.15. The smallest absolute Gasteiger partial charge is 0.203 e. The summed E-state index contributed by atoms with van der Waals surface area (Å²) in [5, 5.41) is 0. The van der Waals surface area contributed by atoms with Crippen molar-refractivity contribution < 1.29 is 19.0 Å². The van der Waals surface area contributed by atoms with E-state index in [4.69, 9.17) is 14.2 Å². The van der Waals surface area contributed by atoms with Gasteiger partial charge in [-0.3, -0.25) is 4.79 Å². The highest BCUT2D eigenvalue weighted by molar-refractivity contribution is 5.92. The van der Waals surface area contributed by atoms with Gasteiger partial charge in [0.15, 0.2) is 11.5 Å². The van der Waals surface area contributed by atoms with Gasteiger partial charge in [-0.1, -0.05) is 6.92 Å². The molecule has 1 aliphatic rings. The second-order valence-electron chi connectivity index (χ2n) is 5.50. The number of benzene rings is 1. The van der Waals surface area contributed by atoms with Crippen molar-refractivity contribution >= 4 is 5.78 Å². The third-order valence-corrected chi connectivity index (χ3v) is 4.32. The average Bonchev–Trinajstić information content (AvgIpc) is 2.46. The average molecular weight is 278 g/mol. The molecule has 4 heteroatoms. The number of hydrogen-bond acceptors (Lipinski definition) is 4. The first-order chi connectivity index (χ1) is 9.46. The third-order valence-electron chi connectivity index (χ3n) is 4.32. The van der Waals surface area contributed by atoms with E-state index in [1.54, 1.807) is 14.2 Å². The van der Waals surface area contributed by atoms with Crippen molar-refractivity contribution in [1.29, 1.82) is 0 Å². The van der Waals surface area contributed by atoms with E-state index in [0.717, 1.165) is 12.0 Å². The zero-order valence-corrected chi connectivity index (χ0v) is 12.8. The Morgan fingerprint density at radius 2 is 1.80 bits per heavy atom. The van der Waals surface area contributed by atoms with Gasteiger partial charge in [0.05, 0.1) is 19.6 Å². The molecule has 1 aromatic carbocycles. The molecule has 0 spiro atoms. The number of rotatable bonds is 5. The van der Waals surface area contributed by atoms with Gasteiger partial charge in [-0.05, 0) is 38.0 Å². The Morgan fingerprint density at radius 1 is 1.25 bits per heavy atom. The molecule has 20 heavy (non-hydrogen) atoms. The molecule has 0 radical (unpaired) electrons. The second kappa shape index (κ2) is 5.35. The maximum atomic E-state index is 11.8. The molecule has 0 aromatic heterocycles. The summed E-state index contributed by atoms with van der Waals surface area (Å²) in [7, 11) is 3.21. The van der Waals surface area contributed by atoms with E-state index < -0.39 is 5.41 Å². The Balaban J connectivity index is 2.32. The van der Waals surface area contributed by atoms with E-state index in [9.17, 15) is 4.79 Å². The van der Waals surface area contributed by atoms with Crippen LogP contribution in [0.25, 0.3) is 0 Å². The number of Topliss-reactive ketones (excluding diaryl/α,β-unsaturated/α-hetero) is 1. The second-order valence-corrected chi connectivity index (χ2v) is 5.50. The maximum absolute atomic E-state index is 11.8. The molecule has 0 N–H and O–H groups in total. The standard InChI is InChI=1S/C16H22O4/c1-6-16(3)13(17)9-14(16)20-15-11(18-4)7-10(2)8-12(15)19-5/h7-8,14H,6,9H2,1-5H3. The molecule has 2 unspecified atom stereocenters. The molecule has 1 aromatic rings. The minimum atomic E-state index is -0.402. The van der Waals surface area contributed by atoms with Crippen LogP contribution in [0.15, 0.2) is 12.1 Å². The van der Waals surface area contributed by atoms with Crippen LogP contribution >= 0.6 is 0 Å². The molecular weight excluding hydrogens is 256 g/mol. The summed E-state index contributed by atoms with van der Waals surface area (Å²) in [4.78, 5) is 11.8. The van der Waals surface area contributed by atoms with E-state index in [0.29, 0.717) is 23.7 Å². The Bertz CT molecular complexity index is 498. The summed E-state index contributed by atoms with van der Waals surface area (Å²) < 4.78 is 16.8. The van der Waals surface area contributed by atoms with Gasteiger partial charge in [-0.15, -0.1) is 0 Å². The minimum absolute atomic E-state index is 0.120. The van der Waals surface area contributed by atoms with E-state index >= 15 is 0 Å². The summed E-state index contributed by atoms with van der Waals surface area (Å²) in [6.45, 7) is 5.94. The van der Waals surface area contributed by atoms with Crippen LogP contribution in [0.2, 0.25) is 0 Å². The van der Waals surface area contributed by atoms with Crippen molar-refractivity contribution in [3.8, 4) is 17.2 Å². The fourth-order valence-corrected chi connectivity index (χ4v) is 2.54. The lowest BCUT2D eigenvalue weighted by Crippen LogP contribution is -2.54. The van der Waals surface area contributed by atoms with Crippen LogP contribution in [0.4, 0.5) is 0 Å². The molecule has 2 atom stereocenters. The molecule has 1 fully saturated rings. The molecule has 4 nitrogen and oxygen atoms in total. The van der Waals surface area contributed by atoms with Crippen molar-refractivity contribution in [1.82, 2.24) is 0 Å². The summed E-state index contributed by atoms with van der Waals surface area (Å²) in [6.07, 6.45) is 1.10. The van der Waals surface area contributed by atoms with Gasteiger partial charge >= 0.3 is 0 Å². The third kappa shape index (κ3) is 2.23. The predicted molar refractivity (Wildman–Crippen MR) is 76.7 cm³/mol. The fourth-order valence-electron chi connectivity index (χ4n) is 2.54. The molecule has 0 aliphatic heterocycles. The monoisotopic (exact) mass is 278 g/mol. The molecule has 2 rings (SSSR count). The molecule has 110 valence electrons. The topological polar surface area (TPSA) is 44.8 Å². The van der Waals surface area contributed by atoms with Crippen molar-refractivity contribution in [2.75, 3.05) is 14.2 Å². The summed E-state index contributed by atoms with van der Waals surface area (Å²) >= 11 is 0. The number of aryl methyl sites for hydroxylation is 1. The summed E-state index contributed by atoms with van der Waals surface area (Å²) in [5.41, 5.74) is 0.634. The van der Waals surface area contributed by atoms with E-state index in [1.165, 1.54) is 0 Å². The van der Waals surface area contributed by atoms with Gasteiger partial charge in [-0.2, -0.15) is 0 Å². The van der Waals surface area contributed by atoms with Crippen LogP contribution in [0.1, 0.15) is 32.3 Å². The highest BCUT2D eigenvalue weighted by atomic mass is 16.5. The largest absolute Gasteiger partial charge is 0.493 e. The van der Waals surface area contributed by atoms with E-state index in [2.05, 4.69) is 0 Å². The van der Waals surface area contributed by atoms with Crippen LogP contribution in [0.5, 0.6) is 17.2 Å². The van der Waals surface area contributed by atoms with Crippen LogP contribution in [0.3, 0.4) is 0 Å². The van der Waals surface area contributed by atoms with Crippen LogP contribution in [-0.4, -0.2) is 26.1 Å². The number of ether oxygens (including phenoxy) is 3. The lowest BCUT2D eigenvalue weighted by Gasteiger charge is -2.44. The first-order valence-electron chi connectivity index (χ1n) is 6.88. The molecule has 1 saturated carbocycles. The Labute approximate surface area is 120 Å². The minimum Gasteiger partial charge on any atom is -0.493 e. The summed E-state index contributed by atoms with van der Waals surface area (Å²) in [5.74, 6) is 2.12. The Morgan fingerprint density at radius 3 is 2.20 bits per heavy atom. The zero-order valence-electron chi connectivity index (χ0n) is 12.8. The molecular formula is C16H22O4. The van der Waals surface area contributed by atoms with Gasteiger partial charge in [0.2, 0.25) is 5.75 Å². The van der Waals surface area contributed by atoms with Gasteiger partial charge in [0.25, 0.3) is 0 Å². The quantitative estimate of drug-likeness (QED) is 0.830. The van der Waals surface area contributed by atoms with Crippen molar-refractivity contribution in [3.63, 3.8) is 0 Å². The normalized spacial score (nSPS) is 25.1. The molecule has 0 saturated heterocycles. The number of hydrogen-bond donors (Lipinski definition) is 0. The molecule has 0 amide bonds. The molecule has 1 aliphatic carbocycles. The molecule has 0 heterocycles. The van der Waals surface area contributed by atoms with Crippen molar-refractivity contribution in [2.24, 2.45) is 5.41 Å². The number of methoxy groups -OCH3 is 2. The number of carbonyl (C=O) groups excluding carboxylic acids is 1. The lowest BCUT2D eigenvalue weighted by atomic mass is 9.64. The van der Waals surface area contributed by atoms with E-state index in [-0.39, 0.29) is 11.9 Å². The first kappa shape index (κ1) is 14.7. The van der Waals surface area contributed by atoms with Crippen LogP contribution < -0.4 is 14.2 Å². The van der Waals surface area contributed by atoms with Gasteiger partial charge in [0, 0.05) is 6.42 Å². The molecule has 0 bridgehead atoms. The Kier molecular flexibility index (Phi) is 3.93. The zero-order chi connectivity index (χ0) is 14.9. The van der Waals surface area contributed by atoms with E-state index in [1.807, 2.05) is 32.9 Å². The SMILES string of the molecule is CCC1(C)C(=O)CC1Oc1c(OC)cc(C)cc1OC. The first-order valence-corrected chi connectivity index (χ1v) is 6.88. The summed E-state index contributed by atoms with van der Waals surface area (Å²) in [6, 6.07) is 3.81. The fraction of sp³-hybridized carbons (Fsp3) is 0.562. The number of carbonyl (C=O) groups is 1. The van der Waals surface area contributed by atoms with Crippen LogP contribution in [-0.2, 0) is 4.79 Å². The lowest BCUT2D eigenvalue weighted by molar-refractivity contribution is -0.150. The Hall–Kier alpha value is -1.71. The van der Waals surface area contributed by atoms with Crippen molar-refractivity contribution in [2.45, 2.75) is 39.7 Å². The van der Waals surface area contributed by atoms with Gasteiger partial charge < -0.3 is 14.2 Å². The van der Waals surface area contributed by atoms with Gasteiger partial charge in [0.1, 0.15) is 11.9 Å². The highest BCUT2D eigenvalue weighted by Gasteiger charge is 2.52.